The molecule has 96 valence electrons. The number of hydrogen-bond acceptors (Lipinski definition) is 4. The van der Waals surface area contributed by atoms with Gasteiger partial charge >= 0.3 is 11.7 Å². The molecular weight excluding hydrogens is 238 g/mol. The van der Waals surface area contributed by atoms with Crippen LogP contribution >= 0.6 is 0 Å². The van der Waals surface area contributed by atoms with E-state index in [2.05, 4.69) is 5.10 Å². The highest BCUT2D eigenvalue weighted by Gasteiger charge is 2.11. The van der Waals surface area contributed by atoms with E-state index < -0.39 is 12.1 Å². The third-order valence-electron chi connectivity index (χ3n) is 2.51. The molecule has 0 amide bonds. The average molecular weight is 251 g/mol. The molecule has 0 aromatic carbocycles. The van der Waals surface area contributed by atoms with Crippen molar-refractivity contribution in [3.8, 4) is 0 Å². The molecule has 7 nitrogen and oxygen atoms in total. The molecule has 1 N–H and O–H groups in total. The Morgan fingerprint density at radius 3 is 3.00 bits per heavy atom. The molecule has 1 atom stereocenters. The number of rotatable bonds is 5. The average Bonchev–Trinajstić information content (AvgIpc) is 2.67. The normalized spacial score (nSPS) is 12.7. The summed E-state index contributed by atoms with van der Waals surface area (Å²) >= 11 is 0. The number of aliphatic carboxylic acids is 1. The topological polar surface area (TPSA) is 85.8 Å². The van der Waals surface area contributed by atoms with E-state index in [0.29, 0.717) is 5.65 Å². The number of carboxylic acid groups (broad SMARTS) is 1. The van der Waals surface area contributed by atoms with Crippen molar-refractivity contribution < 1.29 is 14.6 Å². The minimum Gasteiger partial charge on any atom is -0.479 e. The Kier molecular flexibility index (Phi) is 3.42. The largest absolute Gasteiger partial charge is 0.479 e. The lowest BCUT2D eigenvalue weighted by Crippen LogP contribution is -2.26. The molecule has 2 aromatic rings. The van der Waals surface area contributed by atoms with Gasteiger partial charge in [0.15, 0.2) is 11.8 Å². The summed E-state index contributed by atoms with van der Waals surface area (Å²) in [5.41, 5.74) is 0.283. The molecule has 0 fully saturated rings. The standard InChI is InChI=1S/C11H13N3O4/c1-8(10(15)16)18-7-6-14-11(17)13-5-3-2-4-9(13)12-14/h2-5,8H,6-7H2,1H3,(H,15,16)/t8-/m0/s1. The van der Waals surface area contributed by atoms with E-state index in [1.807, 2.05) is 0 Å². The monoisotopic (exact) mass is 251 g/mol. The predicted molar refractivity (Wildman–Crippen MR) is 62.5 cm³/mol. The molecule has 18 heavy (non-hydrogen) atoms. The molecule has 0 bridgehead atoms. The zero-order chi connectivity index (χ0) is 13.1. The maximum absolute atomic E-state index is 11.8. The zero-order valence-electron chi connectivity index (χ0n) is 9.81. The van der Waals surface area contributed by atoms with Crippen LogP contribution in [0.3, 0.4) is 0 Å². The predicted octanol–water partition coefficient (Wildman–Crippen LogP) is -0.0143. The van der Waals surface area contributed by atoms with Crippen LogP contribution in [0.5, 0.6) is 0 Å². The second-order valence-corrected chi connectivity index (χ2v) is 3.79. The van der Waals surface area contributed by atoms with E-state index in [0.717, 1.165) is 0 Å². The van der Waals surface area contributed by atoms with Gasteiger partial charge in [-0.1, -0.05) is 6.07 Å². The van der Waals surface area contributed by atoms with Crippen LogP contribution < -0.4 is 5.69 Å². The number of nitrogens with zero attached hydrogens (tertiary/aromatic N) is 3. The number of pyridine rings is 1. The lowest BCUT2D eigenvalue weighted by Gasteiger charge is -2.07. The van der Waals surface area contributed by atoms with Crippen LogP contribution in [-0.4, -0.2) is 38.0 Å². The molecule has 2 heterocycles. The van der Waals surface area contributed by atoms with Gasteiger partial charge in [0.2, 0.25) is 0 Å². The highest BCUT2D eigenvalue weighted by atomic mass is 16.5. The van der Waals surface area contributed by atoms with E-state index in [1.54, 1.807) is 24.4 Å². The van der Waals surface area contributed by atoms with Gasteiger partial charge in [-0.2, -0.15) is 0 Å². The number of ether oxygens (including phenoxy) is 1. The lowest BCUT2D eigenvalue weighted by molar-refractivity contribution is -0.149. The Labute approximate surface area is 102 Å². The number of aromatic nitrogens is 3. The second kappa shape index (κ2) is 5.01. The van der Waals surface area contributed by atoms with Crippen molar-refractivity contribution in [2.24, 2.45) is 0 Å². The first kappa shape index (κ1) is 12.3. The van der Waals surface area contributed by atoms with E-state index in [1.165, 1.54) is 16.0 Å². The Morgan fingerprint density at radius 1 is 1.56 bits per heavy atom. The number of carboxylic acids is 1. The van der Waals surface area contributed by atoms with E-state index in [9.17, 15) is 9.59 Å². The summed E-state index contributed by atoms with van der Waals surface area (Å²) in [5.74, 6) is -1.03. The first-order chi connectivity index (χ1) is 8.59. The van der Waals surface area contributed by atoms with Crippen molar-refractivity contribution >= 4 is 11.6 Å². The highest BCUT2D eigenvalue weighted by Crippen LogP contribution is 1.96. The van der Waals surface area contributed by atoms with Gasteiger partial charge in [0, 0.05) is 6.20 Å². The molecule has 2 aromatic heterocycles. The van der Waals surface area contributed by atoms with Crippen molar-refractivity contribution in [1.82, 2.24) is 14.2 Å². The van der Waals surface area contributed by atoms with Crippen molar-refractivity contribution in [1.29, 1.82) is 0 Å². The molecule has 0 aliphatic carbocycles. The minimum atomic E-state index is -1.03. The molecule has 7 heteroatoms. The minimum absolute atomic E-state index is 0.122. The highest BCUT2D eigenvalue weighted by molar-refractivity contribution is 5.71. The smallest absolute Gasteiger partial charge is 0.350 e. The summed E-state index contributed by atoms with van der Waals surface area (Å²) in [4.78, 5) is 22.4. The third kappa shape index (κ3) is 2.40. The second-order valence-electron chi connectivity index (χ2n) is 3.79. The fourth-order valence-corrected chi connectivity index (χ4v) is 1.50. The fourth-order valence-electron chi connectivity index (χ4n) is 1.50. The van der Waals surface area contributed by atoms with Crippen molar-refractivity contribution in [3.05, 3.63) is 34.9 Å². The summed E-state index contributed by atoms with van der Waals surface area (Å²) < 4.78 is 7.72. The summed E-state index contributed by atoms with van der Waals surface area (Å²) in [5, 5.41) is 12.7. The fraction of sp³-hybridized carbons (Fsp3) is 0.364. The number of fused-ring (bicyclic) bond motifs is 1. The van der Waals surface area contributed by atoms with E-state index >= 15 is 0 Å². The summed E-state index contributed by atoms with van der Waals surface area (Å²) in [7, 11) is 0. The summed E-state index contributed by atoms with van der Waals surface area (Å²) in [6.07, 6.45) is 0.736. The van der Waals surface area contributed by atoms with Gasteiger partial charge in [-0.3, -0.25) is 4.40 Å². The van der Waals surface area contributed by atoms with Gasteiger partial charge in [-0.05, 0) is 19.1 Å². The van der Waals surface area contributed by atoms with Crippen molar-refractivity contribution in [3.63, 3.8) is 0 Å². The van der Waals surface area contributed by atoms with Crippen LogP contribution in [0, 0.1) is 0 Å². The maximum atomic E-state index is 11.8. The van der Waals surface area contributed by atoms with Gasteiger partial charge in [-0.25, -0.2) is 14.3 Å². The van der Waals surface area contributed by atoms with Crippen LogP contribution in [0.15, 0.2) is 29.2 Å². The SMILES string of the molecule is C[C@H](OCCn1nc2ccccn2c1=O)C(=O)O. The van der Waals surface area contributed by atoms with Crippen LogP contribution in [0.4, 0.5) is 0 Å². The van der Waals surface area contributed by atoms with Gasteiger partial charge in [0.05, 0.1) is 13.2 Å². The third-order valence-corrected chi connectivity index (χ3v) is 2.51. The Hall–Kier alpha value is -2.15. The van der Waals surface area contributed by atoms with Crippen molar-refractivity contribution in [2.75, 3.05) is 6.61 Å². The summed E-state index contributed by atoms with van der Waals surface area (Å²) in [6, 6.07) is 5.25. The van der Waals surface area contributed by atoms with Crippen LogP contribution in [-0.2, 0) is 16.1 Å². The van der Waals surface area contributed by atoms with Gasteiger partial charge in [0.25, 0.3) is 0 Å². The van der Waals surface area contributed by atoms with E-state index in [4.69, 9.17) is 9.84 Å². The first-order valence-corrected chi connectivity index (χ1v) is 5.48. The van der Waals surface area contributed by atoms with Gasteiger partial charge in [-0.15, -0.1) is 5.10 Å². The van der Waals surface area contributed by atoms with E-state index in [-0.39, 0.29) is 18.8 Å². The lowest BCUT2D eigenvalue weighted by atomic mass is 10.4. The first-order valence-electron chi connectivity index (χ1n) is 5.48. The summed E-state index contributed by atoms with van der Waals surface area (Å²) in [6.45, 7) is 1.78. The molecule has 0 spiro atoms. The number of carbonyl (C=O) groups is 1. The Morgan fingerprint density at radius 2 is 2.33 bits per heavy atom. The van der Waals surface area contributed by atoms with Crippen LogP contribution in [0.2, 0.25) is 0 Å². The molecule has 0 aliphatic rings. The van der Waals surface area contributed by atoms with Crippen molar-refractivity contribution in [2.45, 2.75) is 19.6 Å². The van der Waals surface area contributed by atoms with Crippen LogP contribution in [0.25, 0.3) is 5.65 Å². The number of hydrogen-bond donors (Lipinski definition) is 1. The molecule has 0 aliphatic heterocycles. The Bertz CT molecular complexity index is 616. The molecule has 0 saturated heterocycles. The molecule has 0 unspecified atom stereocenters. The van der Waals surface area contributed by atoms with Gasteiger partial charge < -0.3 is 9.84 Å². The molecule has 0 radical (unpaired) electrons. The maximum Gasteiger partial charge on any atom is 0.350 e. The zero-order valence-corrected chi connectivity index (χ0v) is 9.81. The van der Waals surface area contributed by atoms with Gasteiger partial charge in [0.1, 0.15) is 0 Å². The quantitative estimate of drug-likeness (QED) is 0.807. The van der Waals surface area contributed by atoms with Crippen LogP contribution in [0.1, 0.15) is 6.92 Å². The molecule has 0 saturated carbocycles. The Balaban J connectivity index is 2.06. The molecular formula is C11H13N3O4. The molecule has 2 rings (SSSR count).